The van der Waals surface area contributed by atoms with Gasteiger partial charge in [-0.2, -0.15) is 0 Å². The summed E-state index contributed by atoms with van der Waals surface area (Å²) in [6.07, 6.45) is 5.52. The maximum atomic E-state index is 5.51. The predicted octanol–water partition coefficient (Wildman–Crippen LogP) is 2.58. The Morgan fingerprint density at radius 3 is 3.11 bits per heavy atom. The van der Waals surface area contributed by atoms with E-state index < -0.39 is 0 Å². The summed E-state index contributed by atoms with van der Waals surface area (Å²) in [4.78, 5) is 8.64. The fourth-order valence-corrected chi connectivity index (χ4v) is 1.98. The predicted molar refractivity (Wildman–Crippen MR) is 74.8 cm³/mol. The second-order valence-electron chi connectivity index (χ2n) is 4.47. The molecule has 0 aliphatic carbocycles. The number of hydrogen-bond donors (Lipinski definition) is 1. The molecular formula is C12H17BrN4O. The van der Waals surface area contributed by atoms with Gasteiger partial charge in [0.25, 0.3) is 0 Å². The molecule has 98 valence electrons. The van der Waals surface area contributed by atoms with Gasteiger partial charge in [0.1, 0.15) is 4.60 Å². The van der Waals surface area contributed by atoms with Crippen molar-refractivity contribution in [1.82, 2.24) is 14.4 Å². The molecule has 2 aromatic rings. The molecule has 2 aromatic heterocycles. The molecule has 0 saturated heterocycles. The number of hydrogen-bond acceptors (Lipinski definition) is 4. The van der Waals surface area contributed by atoms with Crippen molar-refractivity contribution in [3.05, 3.63) is 23.2 Å². The summed E-state index contributed by atoms with van der Waals surface area (Å²) in [6, 6.07) is 0. The topological polar surface area (TPSA) is 51.5 Å². The van der Waals surface area contributed by atoms with Gasteiger partial charge in [-0.3, -0.25) is 0 Å². The van der Waals surface area contributed by atoms with Gasteiger partial charge < -0.3 is 14.5 Å². The normalized spacial score (nSPS) is 11.3. The van der Waals surface area contributed by atoms with E-state index >= 15 is 0 Å². The first-order chi connectivity index (χ1) is 8.66. The van der Waals surface area contributed by atoms with Crippen molar-refractivity contribution in [3.63, 3.8) is 0 Å². The fourth-order valence-electron chi connectivity index (χ4n) is 1.58. The van der Waals surface area contributed by atoms with Crippen molar-refractivity contribution in [2.75, 3.05) is 25.1 Å². The van der Waals surface area contributed by atoms with Crippen molar-refractivity contribution in [2.24, 2.45) is 5.92 Å². The first-order valence-electron chi connectivity index (χ1n) is 5.97. The SMILES string of the molecule is CC(C)COCCNc1nc(Br)cn2ccnc12. The molecule has 0 radical (unpaired) electrons. The summed E-state index contributed by atoms with van der Waals surface area (Å²) in [5.74, 6) is 1.33. The van der Waals surface area contributed by atoms with Crippen LogP contribution in [-0.4, -0.2) is 34.1 Å². The van der Waals surface area contributed by atoms with Crippen molar-refractivity contribution < 1.29 is 4.74 Å². The van der Waals surface area contributed by atoms with Crippen molar-refractivity contribution in [1.29, 1.82) is 0 Å². The molecule has 0 saturated carbocycles. The molecule has 5 nitrogen and oxygen atoms in total. The summed E-state index contributed by atoms with van der Waals surface area (Å²) in [7, 11) is 0. The van der Waals surface area contributed by atoms with Crippen LogP contribution < -0.4 is 5.32 Å². The highest BCUT2D eigenvalue weighted by Crippen LogP contribution is 2.16. The van der Waals surface area contributed by atoms with Gasteiger partial charge in [0, 0.05) is 31.7 Å². The molecule has 0 amide bonds. The van der Waals surface area contributed by atoms with Crippen molar-refractivity contribution in [2.45, 2.75) is 13.8 Å². The van der Waals surface area contributed by atoms with Gasteiger partial charge in [-0.15, -0.1) is 0 Å². The zero-order chi connectivity index (χ0) is 13.0. The fraction of sp³-hybridized carbons (Fsp3) is 0.500. The maximum absolute atomic E-state index is 5.51. The second-order valence-corrected chi connectivity index (χ2v) is 5.28. The van der Waals surface area contributed by atoms with E-state index in [1.54, 1.807) is 6.20 Å². The number of ether oxygens (including phenoxy) is 1. The zero-order valence-corrected chi connectivity index (χ0v) is 12.1. The van der Waals surface area contributed by atoms with Crippen LogP contribution in [0.2, 0.25) is 0 Å². The summed E-state index contributed by atoms with van der Waals surface area (Å²) in [5.41, 5.74) is 0.821. The van der Waals surface area contributed by atoms with Crippen LogP contribution in [0.5, 0.6) is 0 Å². The molecule has 0 aromatic carbocycles. The standard InChI is InChI=1S/C12H17BrN4O/c1-9(2)8-18-6-4-14-11-12-15-3-5-17(12)7-10(13)16-11/h3,5,7,9H,4,6,8H2,1-2H3,(H,14,16). The van der Waals surface area contributed by atoms with E-state index in [1.807, 2.05) is 16.8 Å². The molecule has 0 aliphatic heterocycles. The molecule has 0 fully saturated rings. The summed E-state index contributed by atoms with van der Waals surface area (Å²) in [5, 5.41) is 3.24. The smallest absolute Gasteiger partial charge is 0.180 e. The van der Waals surface area contributed by atoms with Crippen LogP contribution in [0.25, 0.3) is 5.65 Å². The van der Waals surface area contributed by atoms with E-state index in [0.717, 1.165) is 29.2 Å². The summed E-state index contributed by atoms with van der Waals surface area (Å²) >= 11 is 3.38. The largest absolute Gasteiger partial charge is 0.379 e. The number of anilines is 1. The third-order valence-electron chi connectivity index (χ3n) is 2.33. The Bertz CT molecular complexity index is 512. The zero-order valence-electron chi connectivity index (χ0n) is 10.6. The van der Waals surface area contributed by atoms with E-state index in [0.29, 0.717) is 12.5 Å². The molecule has 0 spiro atoms. The van der Waals surface area contributed by atoms with E-state index in [4.69, 9.17) is 4.74 Å². The molecule has 1 N–H and O–H groups in total. The van der Waals surface area contributed by atoms with Crippen molar-refractivity contribution in [3.8, 4) is 0 Å². The molecular weight excluding hydrogens is 296 g/mol. The van der Waals surface area contributed by atoms with Crippen LogP contribution in [0.3, 0.4) is 0 Å². The molecule has 0 unspecified atom stereocenters. The van der Waals surface area contributed by atoms with Gasteiger partial charge >= 0.3 is 0 Å². The van der Waals surface area contributed by atoms with Crippen LogP contribution in [-0.2, 0) is 4.74 Å². The third kappa shape index (κ3) is 3.43. The minimum absolute atomic E-state index is 0.563. The number of halogens is 1. The molecule has 0 bridgehead atoms. The first kappa shape index (κ1) is 13.3. The Morgan fingerprint density at radius 1 is 1.50 bits per heavy atom. The highest BCUT2D eigenvalue weighted by atomic mass is 79.9. The first-order valence-corrected chi connectivity index (χ1v) is 6.77. The van der Waals surface area contributed by atoms with Crippen LogP contribution >= 0.6 is 15.9 Å². The van der Waals surface area contributed by atoms with E-state index in [2.05, 4.69) is 45.1 Å². The van der Waals surface area contributed by atoms with E-state index in [-0.39, 0.29) is 0 Å². The lowest BCUT2D eigenvalue weighted by atomic mass is 10.2. The number of nitrogens with one attached hydrogen (secondary N) is 1. The van der Waals surface area contributed by atoms with Gasteiger partial charge in [0.05, 0.1) is 6.61 Å². The number of fused-ring (bicyclic) bond motifs is 1. The Labute approximate surface area is 115 Å². The lowest BCUT2D eigenvalue weighted by Crippen LogP contribution is -2.13. The quantitative estimate of drug-likeness (QED) is 0.833. The van der Waals surface area contributed by atoms with Crippen LogP contribution in [0.4, 0.5) is 5.82 Å². The molecule has 0 atom stereocenters. The highest BCUT2D eigenvalue weighted by molar-refractivity contribution is 9.10. The molecule has 2 rings (SSSR count). The number of rotatable bonds is 6. The van der Waals surface area contributed by atoms with Gasteiger partial charge in [-0.25, -0.2) is 9.97 Å². The summed E-state index contributed by atoms with van der Waals surface area (Å²) < 4.78 is 8.21. The van der Waals surface area contributed by atoms with Gasteiger partial charge in [-0.05, 0) is 21.8 Å². The average Bonchev–Trinajstić information content (AvgIpc) is 2.75. The molecule has 6 heteroatoms. The third-order valence-corrected chi connectivity index (χ3v) is 2.72. The molecule has 0 aliphatic rings. The maximum Gasteiger partial charge on any atom is 0.180 e. The number of aromatic nitrogens is 3. The van der Waals surface area contributed by atoms with Gasteiger partial charge in [0.15, 0.2) is 11.5 Å². The monoisotopic (exact) mass is 312 g/mol. The summed E-state index contributed by atoms with van der Waals surface area (Å²) in [6.45, 7) is 6.44. The Hall–Kier alpha value is -1.14. The lowest BCUT2D eigenvalue weighted by molar-refractivity contribution is 0.118. The van der Waals surface area contributed by atoms with Gasteiger partial charge in [0.2, 0.25) is 0 Å². The lowest BCUT2D eigenvalue weighted by Gasteiger charge is -2.09. The van der Waals surface area contributed by atoms with Crippen molar-refractivity contribution >= 4 is 27.4 Å². The van der Waals surface area contributed by atoms with Crippen LogP contribution in [0.15, 0.2) is 23.2 Å². The van der Waals surface area contributed by atoms with Crippen LogP contribution in [0.1, 0.15) is 13.8 Å². The number of nitrogens with zero attached hydrogens (tertiary/aromatic N) is 3. The molecule has 18 heavy (non-hydrogen) atoms. The Kier molecular flexibility index (Phi) is 4.54. The minimum atomic E-state index is 0.563. The van der Waals surface area contributed by atoms with E-state index in [1.165, 1.54) is 0 Å². The second kappa shape index (κ2) is 6.15. The van der Waals surface area contributed by atoms with Crippen LogP contribution in [0, 0.1) is 5.92 Å². The Morgan fingerprint density at radius 2 is 2.33 bits per heavy atom. The number of imidazole rings is 1. The highest BCUT2D eigenvalue weighted by Gasteiger charge is 2.05. The average molecular weight is 313 g/mol. The minimum Gasteiger partial charge on any atom is -0.379 e. The Balaban J connectivity index is 1.93. The van der Waals surface area contributed by atoms with Gasteiger partial charge in [-0.1, -0.05) is 13.8 Å². The molecule has 2 heterocycles. The van der Waals surface area contributed by atoms with E-state index in [9.17, 15) is 0 Å².